The minimum Gasteiger partial charge on any atom is -0.444 e. The van der Waals surface area contributed by atoms with Crippen molar-refractivity contribution in [2.75, 3.05) is 10.6 Å². The first-order valence-electron chi connectivity index (χ1n) is 10.0. The van der Waals surface area contributed by atoms with Gasteiger partial charge in [0, 0.05) is 17.3 Å². The van der Waals surface area contributed by atoms with Gasteiger partial charge in [-0.15, -0.1) is 0 Å². The van der Waals surface area contributed by atoms with Crippen molar-refractivity contribution in [3.8, 4) is 0 Å². The highest BCUT2D eigenvalue weighted by atomic mass is 19.1. The highest BCUT2D eigenvalue weighted by Gasteiger charge is 2.32. The molecule has 7 nitrogen and oxygen atoms in total. The Bertz CT molecular complexity index is 966. The summed E-state index contributed by atoms with van der Waals surface area (Å²) in [5.41, 5.74) is 0.664. The van der Waals surface area contributed by atoms with E-state index in [1.54, 1.807) is 20.8 Å². The maximum atomic E-state index is 14.1. The van der Waals surface area contributed by atoms with Gasteiger partial charge in [0.1, 0.15) is 11.4 Å². The van der Waals surface area contributed by atoms with Crippen LogP contribution in [-0.4, -0.2) is 27.4 Å². The zero-order chi connectivity index (χ0) is 22.3. The summed E-state index contributed by atoms with van der Waals surface area (Å²) in [5.74, 6) is -0.588. The summed E-state index contributed by atoms with van der Waals surface area (Å²) in [6, 6.07) is 5.77. The number of nitrogens with one attached hydrogen (secondary N) is 2. The van der Waals surface area contributed by atoms with Crippen LogP contribution >= 0.6 is 0 Å². The second-order valence-corrected chi connectivity index (χ2v) is 9.59. The fourth-order valence-corrected chi connectivity index (χ4v) is 3.02. The molecule has 0 atom stereocenters. The Balaban J connectivity index is 1.77. The first kappa shape index (κ1) is 21.8. The molecule has 1 aliphatic carbocycles. The molecule has 1 aliphatic rings. The monoisotopic (exact) mass is 416 g/mol. The van der Waals surface area contributed by atoms with Crippen LogP contribution in [0.2, 0.25) is 0 Å². The first-order chi connectivity index (χ1) is 13.8. The summed E-state index contributed by atoms with van der Waals surface area (Å²) in [7, 11) is 0. The van der Waals surface area contributed by atoms with E-state index in [1.165, 1.54) is 18.2 Å². The van der Waals surface area contributed by atoms with E-state index in [0.29, 0.717) is 17.3 Å². The van der Waals surface area contributed by atoms with Gasteiger partial charge in [-0.1, -0.05) is 0 Å². The Labute approximate surface area is 176 Å². The average Bonchev–Trinajstić information content (AvgIpc) is 3.32. The molecule has 2 aromatic rings. The number of nitrogens with zero attached hydrogens (tertiary/aromatic N) is 2. The number of benzene rings is 1. The second-order valence-electron chi connectivity index (χ2n) is 9.59. The Morgan fingerprint density at radius 3 is 2.33 bits per heavy atom. The van der Waals surface area contributed by atoms with Crippen LogP contribution in [0.5, 0.6) is 0 Å². The Morgan fingerprint density at radius 1 is 1.10 bits per heavy atom. The molecular formula is C22H29FN4O3. The molecule has 8 heteroatoms. The van der Waals surface area contributed by atoms with Crippen LogP contribution in [0.25, 0.3) is 0 Å². The lowest BCUT2D eigenvalue weighted by atomic mass is 10.1. The number of hydrogen-bond acceptors (Lipinski definition) is 4. The van der Waals surface area contributed by atoms with Crippen molar-refractivity contribution >= 4 is 23.4 Å². The predicted octanol–water partition coefficient (Wildman–Crippen LogP) is 5.25. The number of amides is 2. The van der Waals surface area contributed by atoms with Crippen molar-refractivity contribution < 1.29 is 18.7 Å². The summed E-state index contributed by atoms with van der Waals surface area (Å²) in [4.78, 5) is 24.7. The Hall–Kier alpha value is -2.90. The lowest BCUT2D eigenvalue weighted by molar-refractivity contribution is 0.0635. The summed E-state index contributed by atoms with van der Waals surface area (Å²) < 4.78 is 21.2. The van der Waals surface area contributed by atoms with E-state index in [0.717, 1.165) is 18.5 Å². The molecule has 2 N–H and O–H groups in total. The van der Waals surface area contributed by atoms with Gasteiger partial charge in [0.15, 0.2) is 5.69 Å². The van der Waals surface area contributed by atoms with Gasteiger partial charge < -0.3 is 10.1 Å². The summed E-state index contributed by atoms with van der Waals surface area (Å²) >= 11 is 0. The molecular weight excluding hydrogens is 387 g/mol. The van der Waals surface area contributed by atoms with Crippen LogP contribution in [0, 0.1) is 5.82 Å². The van der Waals surface area contributed by atoms with Gasteiger partial charge in [-0.05, 0) is 78.6 Å². The molecule has 1 fully saturated rings. The van der Waals surface area contributed by atoms with Crippen molar-refractivity contribution in [3.63, 3.8) is 0 Å². The minimum absolute atomic E-state index is 0.0825. The molecule has 0 saturated heterocycles. The molecule has 1 heterocycles. The van der Waals surface area contributed by atoms with E-state index in [-0.39, 0.29) is 11.2 Å². The number of carbonyl (C=O) groups is 2. The van der Waals surface area contributed by atoms with Gasteiger partial charge in [0.25, 0.3) is 5.91 Å². The van der Waals surface area contributed by atoms with E-state index in [1.807, 2.05) is 31.5 Å². The Kier molecular flexibility index (Phi) is 5.62. The number of hydrogen-bond donors (Lipinski definition) is 2. The van der Waals surface area contributed by atoms with Crippen molar-refractivity contribution in [3.05, 3.63) is 41.5 Å². The van der Waals surface area contributed by atoms with Gasteiger partial charge in [-0.2, -0.15) is 5.10 Å². The van der Waals surface area contributed by atoms with Gasteiger partial charge in [0.2, 0.25) is 0 Å². The molecule has 1 aromatic heterocycles. The molecule has 162 valence electrons. The second kappa shape index (κ2) is 7.74. The number of ether oxygens (including phenoxy) is 1. The zero-order valence-electron chi connectivity index (χ0n) is 18.3. The molecule has 1 aromatic carbocycles. The third-order valence-corrected chi connectivity index (χ3v) is 4.46. The summed E-state index contributed by atoms with van der Waals surface area (Å²) in [5, 5.41) is 9.60. The maximum absolute atomic E-state index is 14.1. The van der Waals surface area contributed by atoms with E-state index < -0.39 is 23.4 Å². The molecule has 0 radical (unpaired) electrons. The third-order valence-electron chi connectivity index (χ3n) is 4.46. The lowest BCUT2D eigenvalue weighted by Crippen LogP contribution is -2.27. The van der Waals surface area contributed by atoms with Gasteiger partial charge >= 0.3 is 6.09 Å². The number of halogens is 1. The largest absolute Gasteiger partial charge is 0.444 e. The van der Waals surface area contributed by atoms with Crippen LogP contribution in [0.4, 0.5) is 20.6 Å². The van der Waals surface area contributed by atoms with E-state index in [9.17, 15) is 14.0 Å². The van der Waals surface area contributed by atoms with E-state index >= 15 is 0 Å². The van der Waals surface area contributed by atoms with E-state index in [2.05, 4.69) is 15.7 Å². The maximum Gasteiger partial charge on any atom is 0.412 e. The van der Waals surface area contributed by atoms with Crippen LogP contribution in [0.1, 0.15) is 76.5 Å². The van der Waals surface area contributed by atoms with Crippen molar-refractivity contribution in [1.29, 1.82) is 0 Å². The molecule has 0 bridgehead atoms. The molecule has 1 saturated carbocycles. The topological polar surface area (TPSA) is 85.3 Å². The number of carbonyl (C=O) groups excluding carboxylic acids is 2. The number of aromatic nitrogens is 2. The highest BCUT2D eigenvalue weighted by Crippen LogP contribution is 2.41. The highest BCUT2D eigenvalue weighted by molar-refractivity contribution is 6.03. The molecule has 0 aliphatic heterocycles. The smallest absolute Gasteiger partial charge is 0.412 e. The van der Waals surface area contributed by atoms with Gasteiger partial charge in [0.05, 0.1) is 11.2 Å². The minimum atomic E-state index is -0.775. The van der Waals surface area contributed by atoms with Gasteiger partial charge in [-0.3, -0.25) is 14.8 Å². The van der Waals surface area contributed by atoms with Crippen molar-refractivity contribution in [2.24, 2.45) is 0 Å². The molecule has 2 amide bonds. The molecule has 0 spiro atoms. The lowest BCUT2D eigenvalue weighted by Gasteiger charge is -2.22. The average molecular weight is 416 g/mol. The van der Waals surface area contributed by atoms with Crippen molar-refractivity contribution in [2.45, 2.75) is 71.4 Å². The van der Waals surface area contributed by atoms with Crippen LogP contribution in [0.15, 0.2) is 24.3 Å². The summed E-state index contributed by atoms with van der Waals surface area (Å²) in [6.07, 6.45) is 1.42. The Morgan fingerprint density at radius 2 is 1.77 bits per heavy atom. The van der Waals surface area contributed by atoms with Crippen LogP contribution in [-0.2, 0) is 10.3 Å². The summed E-state index contributed by atoms with van der Waals surface area (Å²) in [6.45, 7) is 11.3. The zero-order valence-corrected chi connectivity index (χ0v) is 18.3. The molecule has 0 unspecified atom stereocenters. The molecule has 30 heavy (non-hydrogen) atoms. The number of anilines is 2. The molecule has 3 rings (SSSR count). The fraction of sp³-hybridized carbons (Fsp3) is 0.500. The van der Waals surface area contributed by atoms with Crippen LogP contribution < -0.4 is 10.6 Å². The van der Waals surface area contributed by atoms with E-state index in [4.69, 9.17) is 4.74 Å². The normalized spacial score (nSPS) is 14.4. The predicted molar refractivity (Wildman–Crippen MR) is 113 cm³/mol. The van der Waals surface area contributed by atoms with Gasteiger partial charge in [-0.25, -0.2) is 9.18 Å². The van der Waals surface area contributed by atoms with Crippen LogP contribution in [0.3, 0.4) is 0 Å². The van der Waals surface area contributed by atoms with Crippen molar-refractivity contribution in [1.82, 2.24) is 9.78 Å². The quantitative estimate of drug-likeness (QED) is 0.712. The SMILES string of the molecule is CC(C)(C)OC(=O)Nc1cc(NC(=O)c2cc(C3CC3)n(C(C)(C)C)n2)ccc1F. The third kappa shape index (κ3) is 5.37. The standard InChI is InChI=1S/C22H29FN4O3/c1-21(2,3)27-18(13-7-8-13)12-17(26-27)19(28)24-14-9-10-15(23)16(11-14)25-20(29)30-22(4,5)6/h9-13H,7-8H2,1-6H3,(H,24,28)(H,25,29). The first-order valence-corrected chi connectivity index (χ1v) is 10.0. The number of rotatable bonds is 4. The fourth-order valence-electron chi connectivity index (χ4n) is 3.02.